The number of nitrogens with zero attached hydrogens (tertiary/aromatic N) is 5. The van der Waals surface area contributed by atoms with Crippen LogP contribution >= 0.6 is 0 Å². The highest BCUT2D eigenvalue weighted by Crippen LogP contribution is 2.28. The third-order valence-corrected chi connectivity index (χ3v) is 3.57. The summed E-state index contributed by atoms with van der Waals surface area (Å²) < 4.78 is 88.7. The van der Waals surface area contributed by atoms with E-state index in [4.69, 9.17) is 0 Å². The second-order valence-electron chi connectivity index (χ2n) is 5.61. The Morgan fingerprint density at radius 3 is 2.45 bits per heavy atom. The van der Waals surface area contributed by atoms with Crippen LogP contribution < -0.4 is 4.74 Å². The number of hydrogen-bond acceptors (Lipinski definition) is 6. The quantitative estimate of drug-likeness (QED) is 0.503. The molecule has 0 aromatic carbocycles. The van der Waals surface area contributed by atoms with Crippen molar-refractivity contribution in [1.29, 1.82) is 0 Å². The van der Waals surface area contributed by atoms with E-state index in [2.05, 4.69) is 36.3 Å². The molecule has 0 spiro atoms. The van der Waals surface area contributed by atoms with Crippen LogP contribution in [0.1, 0.15) is 24.1 Å². The lowest BCUT2D eigenvalue weighted by molar-refractivity contribution is -0.238. The number of aromatic nitrogens is 4. The molecule has 0 unspecified atom stereocenters. The van der Waals surface area contributed by atoms with Gasteiger partial charge in [-0.3, -0.25) is 0 Å². The van der Waals surface area contributed by atoms with Gasteiger partial charge in [-0.25, -0.2) is 9.37 Å². The van der Waals surface area contributed by atoms with Crippen molar-refractivity contribution in [1.82, 2.24) is 19.9 Å². The largest absolute Gasteiger partial charge is 0.463 e. The molecule has 2 aromatic heterocycles. The molecule has 0 amide bonds. The van der Waals surface area contributed by atoms with Crippen molar-refractivity contribution >= 4 is 5.71 Å². The lowest BCUT2D eigenvalue weighted by atomic mass is 10.2. The van der Waals surface area contributed by atoms with E-state index in [9.17, 15) is 26.3 Å². The zero-order chi connectivity index (χ0) is 22.0. The van der Waals surface area contributed by atoms with Crippen molar-refractivity contribution in [3.63, 3.8) is 0 Å². The Morgan fingerprint density at radius 2 is 1.93 bits per heavy atom. The van der Waals surface area contributed by atoms with Crippen molar-refractivity contribution in [2.75, 3.05) is 7.11 Å². The summed E-state index contributed by atoms with van der Waals surface area (Å²) >= 11 is 0. The van der Waals surface area contributed by atoms with E-state index in [1.807, 2.05) is 0 Å². The summed E-state index contributed by atoms with van der Waals surface area (Å²) in [5.74, 6) is -3.07. The van der Waals surface area contributed by atoms with Crippen molar-refractivity contribution in [2.24, 2.45) is 5.10 Å². The highest BCUT2D eigenvalue weighted by molar-refractivity contribution is 6.08. The van der Waals surface area contributed by atoms with Gasteiger partial charge in [0.25, 0.3) is 11.7 Å². The second-order valence-corrected chi connectivity index (χ2v) is 5.61. The van der Waals surface area contributed by atoms with Crippen LogP contribution in [0.2, 0.25) is 0 Å². The monoisotopic (exact) mass is 423 g/mol. The minimum atomic E-state index is -4.71. The summed E-state index contributed by atoms with van der Waals surface area (Å²) in [6.45, 7) is 5.48. The topological polar surface area (TPSA) is 74.4 Å². The van der Waals surface area contributed by atoms with Crippen LogP contribution in [-0.2, 0) is 10.8 Å². The first-order chi connectivity index (χ1) is 13.4. The molecule has 0 N–H and O–H groups in total. The van der Waals surface area contributed by atoms with Crippen LogP contribution in [0.3, 0.4) is 0 Å². The van der Waals surface area contributed by atoms with Gasteiger partial charge in [0.2, 0.25) is 0 Å². The summed E-state index contributed by atoms with van der Waals surface area (Å²) in [4.78, 5) is 3.50. The number of allylic oxidation sites excluding steroid dienone is 1. The highest BCUT2D eigenvalue weighted by Gasteiger charge is 2.39. The molecular weight excluding hydrogens is 408 g/mol. The fourth-order valence-electron chi connectivity index (χ4n) is 1.96. The fourth-order valence-corrected chi connectivity index (χ4v) is 1.96. The number of hydrogen-bond donors (Lipinski definition) is 0. The molecule has 0 fully saturated rings. The van der Waals surface area contributed by atoms with Gasteiger partial charge in [0.15, 0.2) is 17.7 Å². The van der Waals surface area contributed by atoms with Gasteiger partial charge < -0.3 is 9.47 Å². The fraction of sp³-hybridized carbons (Fsp3) is 0.375. The smallest absolute Gasteiger partial charge is 0.425 e. The average molecular weight is 423 g/mol. The minimum Gasteiger partial charge on any atom is -0.463 e. The van der Waals surface area contributed by atoms with Crippen LogP contribution in [0.4, 0.5) is 26.3 Å². The molecule has 158 valence electrons. The maximum absolute atomic E-state index is 14.2. The van der Waals surface area contributed by atoms with E-state index in [0.717, 1.165) is 25.4 Å². The molecular formula is C16H15F6N5O2. The zero-order valence-electron chi connectivity index (χ0n) is 15.3. The highest BCUT2D eigenvalue weighted by atomic mass is 19.4. The summed E-state index contributed by atoms with van der Waals surface area (Å²) in [5, 5.41) is 10.7. The van der Waals surface area contributed by atoms with E-state index in [1.54, 1.807) is 0 Å². The molecule has 0 saturated carbocycles. The molecule has 7 nitrogen and oxygen atoms in total. The summed E-state index contributed by atoms with van der Waals surface area (Å²) in [7, 11) is 0.756. The molecule has 29 heavy (non-hydrogen) atoms. The second kappa shape index (κ2) is 8.19. The van der Waals surface area contributed by atoms with Crippen molar-refractivity contribution in [3.8, 4) is 5.88 Å². The van der Waals surface area contributed by atoms with Crippen molar-refractivity contribution < 1.29 is 35.8 Å². The molecule has 1 atom stereocenters. The number of alkyl halides is 5. The van der Waals surface area contributed by atoms with Crippen molar-refractivity contribution in [2.45, 2.75) is 32.2 Å². The first kappa shape index (κ1) is 22.3. The van der Waals surface area contributed by atoms with Gasteiger partial charge in [-0.2, -0.15) is 31.7 Å². The Balaban J connectivity index is 2.43. The molecule has 0 aliphatic rings. The van der Waals surface area contributed by atoms with E-state index in [1.165, 1.54) is 6.92 Å². The van der Waals surface area contributed by atoms with E-state index < -0.39 is 35.9 Å². The number of halogens is 6. The van der Waals surface area contributed by atoms with Gasteiger partial charge in [0.1, 0.15) is 0 Å². The molecule has 2 rings (SSSR count). The van der Waals surface area contributed by atoms with Gasteiger partial charge in [-0.1, -0.05) is 6.58 Å². The molecule has 0 saturated heterocycles. The number of aryl methyl sites for hydroxylation is 1. The predicted octanol–water partition coefficient (Wildman–Crippen LogP) is 3.58. The predicted molar refractivity (Wildman–Crippen MR) is 88.1 cm³/mol. The Labute approximate surface area is 160 Å². The van der Waals surface area contributed by atoms with Crippen molar-refractivity contribution in [3.05, 3.63) is 47.9 Å². The van der Waals surface area contributed by atoms with Crippen LogP contribution in [0, 0.1) is 12.7 Å². The molecule has 0 aliphatic carbocycles. The Kier molecular flexibility index (Phi) is 6.30. The van der Waals surface area contributed by atoms with Crippen LogP contribution in [0.5, 0.6) is 5.88 Å². The molecule has 13 heteroatoms. The van der Waals surface area contributed by atoms with E-state index in [-0.39, 0.29) is 17.1 Å². The molecule has 2 heterocycles. The summed E-state index contributed by atoms with van der Waals surface area (Å²) in [5.41, 5.74) is -0.202. The Bertz CT molecular complexity index is 925. The Hall–Kier alpha value is -2.96. The number of rotatable bonds is 7. The summed E-state index contributed by atoms with van der Waals surface area (Å²) in [6.07, 6.45) is -8.76. The molecule has 2 aromatic rings. The van der Waals surface area contributed by atoms with Gasteiger partial charge in [0, 0.05) is 18.9 Å². The van der Waals surface area contributed by atoms with Gasteiger partial charge >= 0.3 is 12.3 Å². The van der Waals surface area contributed by atoms with Gasteiger partial charge in [-0.05, 0) is 26.0 Å². The maximum atomic E-state index is 14.2. The van der Waals surface area contributed by atoms with Crippen LogP contribution in [-0.4, -0.2) is 45.0 Å². The van der Waals surface area contributed by atoms with E-state index >= 15 is 0 Å². The Morgan fingerprint density at radius 1 is 1.28 bits per heavy atom. The van der Waals surface area contributed by atoms with E-state index in [0.29, 0.717) is 11.6 Å². The zero-order valence-corrected chi connectivity index (χ0v) is 15.3. The van der Waals surface area contributed by atoms with Gasteiger partial charge in [-0.15, -0.1) is 10.2 Å². The molecule has 0 radical (unpaired) electrons. The first-order valence-electron chi connectivity index (χ1n) is 7.86. The maximum Gasteiger partial charge on any atom is 0.425 e. The number of pyridine rings is 1. The normalized spacial score (nSPS) is 14.0. The molecule has 0 bridgehead atoms. The van der Waals surface area contributed by atoms with Crippen LogP contribution in [0.25, 0.3) is 0 Å². The average Bonchev–Trinajstić information content (AvgIpc) is 3.01. The third kappa shape index (κ3) is 4.91. The summed E-state index contributed by atoms with van der Waals surface area (Å²) in [6, 6.07) is 0.778. The number of ether oxygens (including phenoxy) is 2. The van der Waals surface area contributed by atoms with Crippen LogP contribution in [0.15, 0.2) is 30.0 Å². The lowest BCUT2D eigenvalue weighted by Crippen LogP contribution is -2.31. The SMILES string of the molecule is C=C/C(=N\n1c(C)nnc1C(F)(F)OC)c1cnc(O[C@@H](C)C(F)(F)F)c(F)c1. The lowest BCUT2D eigenvalue weighted by Gasteiger charge is -2.17. The third-order valence-electron chi connectivity index (χ3n) is 3.57. The minimum absolute atomic E-state index is 0.0385. The van der Waals surface area contributed by atoms with Gasteiger partial charge in [0.05, 0.1) is 5.71 Å². The molecule has 0 aliphatic heterocycles. The number of methoxy groups -OCH3 is 1. The first-order valence-corrected chi connectivity index (χ1v) is 7.86. The standard InChI is InChI=1S/C16H15F6N5O2/c1-5-12(26-27-9(3)24-25-14(27)16(21,22)28-4)10-6-11(17)13(23-7-10)29-8(2)15(18,19)20/h5-8H,1H2,2-4H3/b26-12+/t8-/m0/s1.